The van der Waals surface area contributed by atoms with Crippen molar-refractivity contribution >= 4 is 5.91 Å². The molecule has 0 aliphatic carbocycles. The Balaban J connectivity index is 1.56. The van der Waals surface area contributed by atoms with Gasteiger partial charge in [0.2, 0.25) is 0 Å². The minimum absolute atomic E-state index is 0.121. The lowest BCUT2D eigenvalue weighted by atomic mass is 10.1. The molecular weight excluding hydrogens is 286 g/mol. The summed E-state index contributed by atoms with van der Waals surface area (Å²) in [5, 5.41) is 8.97. The lowest BCUT2D eigenvalue weighted by Crippen LogP contribution is -3.13. The van der Waals surface area contributed by atoms with Gasteiger partial charge < -0.3 is 9.80 Å². The van der Waals surface area contributed by atoms with Gasteiger partial charge in [-0.3, -0.25) is 4.79 Å². The van der Waals surface area contributed by atoms with E-state index >= 15 is 0 Å². The summed E-state index contributed by atoms with van der Waals surface area (Å²) in [7, 11) is 0. The fourth-order valence-corrected chi connectivity index (χ4v) is 3.01. The van der Waals surface area contributed by atoms with Crippen molar-refractivity contribution < 1.29 is 9.69 Å². The van der Waals surface area contributed by atoms with Crippen LogP contribution in [0.3, 0.4) is 0 Å². The number of amides is 1. The van der Waals surface area contributed by atoms with Crippen molar-refractivity contribution in [1.29, 1.82) is 5.26 Å². The molecule has 1 saturated heterocycles. The third kappa shape index (κ3) is 3.77. The second-order valence-corrected chi connectivity index (χ2v) is 5.90. The summed E-state index contributed by atoms with van der Waals surface area (Å²) in [5.41, 5.74) is 2.65. The van der Waals surface area contributed by atoms with E-state index in [0.29, 0.717) is 5.56 Å². The van der Waals surface area contributed by atoms with Crippen LogP contribution in [-0.4, -0.2) is 37.0 Å². The van der Waals surface area contributed by atoms with Crippen molar-refractivity contribution in [3.8, 4) is 6.07 Å². The van der Waals surface area contributed by atoms with Crippen LogP contribution in [0.2, 0.25) is 0 Å². The number of piperazine rings is 1. The summed E-state index contributed by atoms with van der Waals surface area (Å²) in [5.74, 6) is 0.121. The van der Waals surface area contributed by atoms with Gasteiger partial charge in [-0.15, -0.1) is 0 Å². The zero-order valence-electron chi connectivity index (χ0n) is 13.0. The van der Waals surface area contributed by atoms with Crippen molar-refractivity contribution in [2.75, 3.05) is 26.2 Å². The summed E-state index contributed by atoms with van der Waals surface area (Å²) in [6.45, 7) is 4.34. The fraction of sp³-hybridized carbons (Fsp3) is 0.263. The molecule has 1 amide bonds. The largest absolute Gasteiger partial charge is 0.328 e. The Morgan fingerprint density at radius 3 is 2.52 bits per heavy atom. The molecule has 0 bridgehead atoms. The highest BCUT2D eigenvalue weighted by molar-refractivity contribution is 5.94. The van der Waals surface area contributed by atoms with E-state index in [2.05, 4.69) is 12.1 Å². The molecule has 1 aliphatic rings. The molecule has 0 radical (unpaired) electrons. The van der Waals surface area contributed by atoms with E-state index in [1.165, 1.54) is 10.5 Å². The first kappa shape index (κ1) is 15.3. The van der Waals surface area contributed by atoms with E-state index in [9.17, 15) is 4.79 Å². The lowest BCUT2D eigenvalue weighted by Gasteiger charge is -2.32. The highest BCUT2D eigenvalue weighted by Crippen LogP contribution is 2.06. The molecule has 3 rings (SSSR count). The number of nitriles is 1. The molecule has 4 nitrogen and oxygen atoms in total. The van der Waals surface area contributed by atoms with E-state index in [1.807, 2.05) is 53.4 Å². The Morgan fingerprint density at radius 1 is 1.09 bits per heavy atom. The fourth-order valence-electron chi connectivity index (χ4n) is 3.01. The smallest absolute Gasteiger partial charge is 0.254 e. The maximum Gasteiger partial charge on any atom is 0.254 e. The SMILES string of the molecule is N#Cc1cccc(C[NH+]2CCN(C(=O)c3ccccc3)CC2)c1. The van der Waals surface area contributed by atoms with Crippen molar-refractivity contribution in [3.63, 3.8) is 0 Å². The van der Waals surface area contributed by atoms with Gasteiger partial charge in [0.15, 0.2) is 0 Å². The molecule has 1 fully saturated rings. The van der Waals surface area contributed by atoms with Crippen molar-refractivity contribution in [1.82, 2.24) is 4.90 Å². The number of hydrogen-bond acceptors (Lipinski definition) is 2. The van der Waals surface area contributed by atoms with E-state index in [0.717, 1.165) is 38.3 Å². The molecule has 1 heterocycles. The number of benzene rings is 2. The van der Waals surface area contributed by atoms with E-state index < -0.39 is 0 Å². The number of quaternary nitrogens is 1. The highest BCUT2D eigenvalue weighted by Gasteiger charge is 2.24. The third-order valence-electron chi connectivity index (χ3n) is 4.29. The van der Waals surface area contributed by atoms with Crippen LogP contribution >= 0.6 is 0 Å². The van der Waals surface area contributed by atoms with Gasteiger partial charge in [0.05, 0.1) is 37.8 Å². The van der Waals surface area contributed by atoms with Gasteiger partial charge >= 0.3 is 0 Å². The average molecular weight is 306 g/mol. The molecule has 0 atom stereocenters. The van der Waals surface area contributed by atoms with Gasteiger partial charge in [0.25, 0.3) is 5.91 Å². The lowest BCUT2D eigenvalue weighted by molar-refractivity contribution is -0.917. The second kappa shape index (κ2) is 7.08. The van der Waals surface area contributed by atoms with Gasteiger partial charge in [-0.05, 0) is 24.3 Å². The molecule has 0 saturated carbocycles. The Hall–Kier alpha value is -2.64. The summed E-state index contributed by atoms with van der Waals surface area (Å²) in [6, 6.07) is 19.4. The number of rotatable bonds is 3. The van der Waals surface area contributed by atoms with Crippen LogP contribution in [0.15, 0.2) is 54.6 Å². The first-order chi connectivity index (χ1) is 11.3. The standard InChI is InChI=1S/C19H19N3O/c20-14-16-5-4-6-17(13-16)15-21-9-11-22(12-10-21)19(23)18-7-2-1-3-8-18/h1-8,13H,9-12,15H2/p+1. The molecule has 2 aromatic rings. The number of carbonyl (C=O) groups is 1. The zero-order valence-corrected chi connectivity index (χ0v) is 13.0. The maximum atomic E-state index is 12.4. The van der Waals surface area contributed by atoms with Crippen LogP contribution in [0.4, 0.5) is 0 Å². The number of nitrogens with one attached hydrogen (secondary N) is 1. The van der Waals surface area contributed by atoms with Gasteiger partial charge in [-0.1, -0.05) is 30.3 Å². The normalized spacial score (nSPS) is 15.2. The minimum Gasteiger partial charge on any atom is -0.328 e. The predicted octanol–water partition coefficient (Wildman–Crippen LogP) is 1.10. The van der Waals surface area contributed by atoms with E-state index in [4.69, 9.17) is 5.26 Å². The van der Waals surface area contributed by atoms with Gasteiger partial charge in [-0.2, -0.15) is 5.26 Å². The maximum absolute atomic E-state index is 12.4. The number of nitrogens with zero attached hydrogens (tertiary/aromatic N) is 2. The molecular formula is C19H20N3O+. The number of hydrogen-bond donors (Lipinski definition) is 1. The van der Waals surface area contributed by atoms with Crippen LogP contribution in [0, 0.1) is 11.3 Å². The molecule has 0 spiro atoms. The Kier molecular flexibility index (Phi) is 4.70. The average Bonchev–Trinajstić information content (AvgIpc) is 2.63. The Labute approximate surface area is 136 Å². The van der Waals surface area contributed by atoms with Gasteiger partial charge in [-0.25, -0.2) is 0 Å². The molecule has 1 N–H and O–H groups in total. The van der Waals surface area contributed by atoms with E-state index in [-0.39, 0.29) is 5.91 Å². The van der Waals surface area contributed by atoms with Crippen molar-refractivity contribution in [2.45, 2.75) is 6.54 Å². The molecule has 4 heteroatoms. The Bertz CT molecular complexity index is 713. The van der Waals surface area contributed by atoms with Crippen LogP contribution in [0.25, 0.3) is 0 Å². The second-order valence-electron chi connectivity index (χ2n) is 5.90. The minimum atomic E-state index is 0.121. The van der Waals surface area contributed by atoms with E-state index in [1.54, 1.807) is 0 Å². The highest BCUT2D eigenvalue weighted by atomic mass is 16.2. The summed E-state index contributed by atoms with van der Waals surface area (Å²) in [6.07, 6.45) is 0. The first-order valence-corrected chi connectivity index (χ1v) is 7.93. The van der Waals surface area contributed by atoms with Crippen molar-refractivity contribution in [3.05, 3.63) is 71.3 Å². The Morgan fingerprint density at radius 2 is 1.83 bits per heavy atom. The quantitative estimate of drug-likeness (QED) is 0.923. The molecule has 0 aromatic heterocycles. The molecule has 2 aromatic carbocycles. The van der Waals surface area contributed by atoms with Crippen LogP contribution in [0.1, 0.15) is 21.5 Å². The summed E-state index contributed by atoms with van der Waals surface area (Å²) in [4.78, 5) is 15.8. The third-order valence-corrected chi connectivity index (χ3v) is 4.29. The summed E-state index contributed by atoms with van der Waals surface area (Å²) < 4.78 is 0. The van der Waals surface area contributed by atoms with Crippen LogP contribution in [-0.2, 0) is 6.54 Å². The van der Waals surface area contributed by atoms with Crippen LogP contribution in [0.5, 0.6) is 0 Å². The zero-order chi connectivity index (χ0) is 16.1. The first-order valence-electron chi connectivity index (χ1n) is 7.93. The molecule has 116 valence electrons. The van der Waals surface area contributed by atoms with Gasteiger partial charge in [0, 0.05) is 11.1 Å². The van der Waals surface area contributed by atoms with Crippen molar-refractivity contribution in [2.24, 2.45) is 0 Å². The molecule has 1 aliphatic heterocycles. The molecule has 23 heavy (non-hydrogen) atoms. The van der Waals surface area contributed by atoms with Gasteiger partial charge in [0.1, 0.15) is 6.54 Å². The monoisotopic (exact) mass is 306 g/mol. The predicted molar refractivity (Wildman–Crippen MR) is 87.9 cm³/mol. The topological polar surface area (TPSA) is 48.5 Å². The number of carbonyl (C=O) groups excluding carboxylic acids is 1. The summed E-state index contributed by atoms with van der Waals surface area (Å²) >= 11 is 0. The molecule has 0 unspecified atom stereocenters. The van der Waals surface area contributed by atoms with Crippen LogP contribution < -0.4 is 4.90 Å².